The SMILES string of the molecule is CNC(=O)c1cccnc1NCCOc1cccc2ccccc12. The van der Waals surface area contributed by atoms with Crippen molar-refractivity contribution in [1.82, 2.24) is 10.3 Å². The maximum atomic E-state index is 11.8. The van der Waals surface area contributed by atoms with Crippen LogP contribution in [0, 0.1) is 0 Å². The van der Waals surface area contributed by atoms with Crippen LogP contribution in [0.25, 0.3) is 10.8 Å². The van der Waals surface area contributed by atoms with Crippen LogP contribution < -0.4 is 15.4 Å². The predicted molar refractivity (Wildman–Crippen MR) is 95.6 cm³/mol. The van der Waals surface area contributed by atoms with E-state index in [2.05, 4.69) is 27.8 Å². The van der Waals surface area contributed by atoms with Gasteiger partial charge in [0.25, 0.3) is 5.91 Å². The maximum absolute atomic E-state index is 11.8. The zero-order chi connectivity index (χ0) is 16.8. The fourth-order valence-corrected chi connectivity index (χ4v) is 2.52. The smallest absolute Gasteiger partial charge is 0.254 e. The van der Waals surface area contributed by atoms with Gasteiger partial charge >= 0.3 is 0 Å². The number of hydrogen-bond donors (Lipinski definition) is 2. The Labute approximate surface area is 140 Å². The van der Waals surface area contributed by atoms with Crippen molar-refractivity contribution in [1.29, 1.82) is 0 Å². The van der Waals surface area contributed by atoms with Crippen LogP contribution >= 0.6 is 0 Å². The van der Waals surface area contributed by atoms with E-state index in [4.69, 9.17) is 4.74 Å². The Morgan fingerprint density at radius 3 is 2.79 bits per heavy atom. The summed E-state index contributed by atoms with van der Waals surface area (Å²) in [7, 11) is 1.60. The zero-order valence-electron chi connectivity index (χ0n) is 13.5. The molecule has 0 fully saturated rings. The number of hydrogen-bond acceptors (Lipinski definition) is 4. The van der Waals surface area contributed by atoms with Crippen LogP contribution in [-0.2, 0) is 0 Å². The Bertz CT molecular complexity index is 843. The van der Waals surface area contributed by atoms with Gasteiger partial charge in [-0.2, -0.15) is 0 Å². The van der Waals surface area contributed by atoms with Crippen LogP contribution in [0.4, 0.5) is 5.82 Å². The first-order valence-corrected chi connectivity index (χ1v) is 7.81. The molecule has 0 aliphatic heterocycles. The molecule has 1 amide bonds. The minimum absolute atomic E-state index is 0.166. The van der Waals surface area contributed by atoms with E-state index in [1.54, 1.807) is 25.4 Å². The highest BCUT2D eigenvalue weighted by Crippen LogP contribution is 2.25. The molecule has 0 aliphatic rings. The van der Waals surface area contributed by atoms with Crippen LogP contribution in [-0.4, -0.2) is 31.1 Å². The van der Waals surface area contributed by atoms with Gasteiger partial charge < -0.3 is 15.4 Å². The number of fused-ring (bicyclic) bond motifs is 1. The van der Waals surface area contributed by atoms with Crippen molar-refractivity contribution in [2.75, 3.05) is 25.5 Å². The number of aromatic nitrogens is 1. The third-order valence-corrected chi connectivity index (χ3v) is 3.68. The fraction of sp³-hybridized carbons (Fsp3) is 0.158. The highest BCUT2D eigenvalue weighted by Gasteiger charge is 2.10. The van der Waals surface area contributed by atoms with E-state index in [-0.39, 0.29) is 5.91 Å². The number of nitrogens with one attached hydrogen (secondary N) is 2. The molecule has 0 unspecified atom stereocenters. The zero-order valence-corrected chi connectivity index (χ0v) is 13.5. The van der Waals surface area contributed by atoms with Crippen molar-refractivity contribution in [2.24, 2.45) is 0 Å². The lowest BCUT2D eigenvalue weighted by Crippen LogP contribution is -2.21. The molecule has 0 aliphatic carbocycles. The Morgan fingerprint density at radius 2 is 1.92 bits per heavy atom. The van der Waals surface area contributed by atoms with Crippen LogP contribution in [0.1, 0.15) is 10.4 Å². The van der Waals surface area contributed by atoms with Gasteiger partial charge in [-0.1, -0.05) is 36.4 Å². The summed E-state index contributed by atoms with van der Waals surface area (Å²) in [6.45, 7) is 1.02. The minimum atomic E-state index is -0.166. The molecule has 0 radical (unpaired) electrons. The number of ether oxygens (including phenoxy) is 1. The Balaban J connectivity index is 1.62. The average molecular weight is 321 g/mol. The molecular formula is C19H19N3O2. The van der Waals surface area contributed by atoms with Gasteiger partial charge in [-0.3, -0.25) is 4.79 Å². The summed E-state index contributed by atoms with van der Waals surface area (Å²) in [6.07, 6.45) is 1.65. The lowest BCUT2D eigenvalue weighted by atomic mass is 10.1. The molecule has 24 heavy (non-hydrogen) atoms. The van der Waals surface area contributed by atoms with Gasteiger partial charge in [0.1, 0.15) is 18.2 Å². The summed E-state index contributed by atoms with van der Waals surface area (Å²) < 4.78 is 5.88. The number of rotatable bonds is 6. The Kier molecular flexibility index (Phi) is 4.91. The summed E-state index contributed by atoms with van der Waals surface area (Å²) in [5.41, 5.74) is 0.519. The molecule has 0 atom stereocenters. The molecule has 122 valence electrons. The molecule has 3 rings (SSSR count). The van der Waals surface area contributed by atoms with Crippen molar-refractivity contribution >= 4 is 22.5 Å². The van der Waals surface area contributed by atoms with Crippen LogP contribution in [0.5, 0.6) is 5.75 Å². The Hall–Kier alpha value is -3.08. The van der Waals surface area contributed by atoms with E-state index < -0.39 is 0 Å². The van der Waals surface area contributed by atoms with Crippen LogP contribution in [0.3, 0.4) is 0 Å². The average Bonchev–Trinajstić information content (AvgIpc) is 2.65. The van der Waals surface area contributed by atoms with Gasteiger partial charge in [0.2, 0.25) is 0 Å². The van der Waals surface area contributed by atoms with E-state index in [0.717, 1.165) is 16.5 Å². The van der Waals surface area contributed by atoms with Crippen molar-refractivity contribution in [3.8, 4) is 5.75 Å². The first-order chi connectivity index (χ1) is 11.8. The van der Waals surface area contributed by atoms with Gasteiger partial charge in [0.05, 0.1) is 12.1 Å². The standard InChI is InChI=1S/C19H19N3O2/c1-20-19(23)16-9-5-11-21-18(16)22-12-13-24-17-10-4-7-14-6-2-3-8-15(14)17/h2-11H,12-13H2,1H3,(H,20,23)(H,21,22). The van der Waals surface area contributed by atoms with E-state index in [1.165, 1.54) is 0 Å². The normalized spacial score (nSPS) is 10.4. The van der Waals surface area contributed by atoms with Crippen LogP contribution in [0.15, 0.2) is 60.8 Å². The quantitative estimate of drug-likeness (QED) is 0.685. The lowest BCUT2D eigenvalue weighted by molar-refractivity contribution is 0.0963. The second kappa shape index (κ2) is 7.46. The van der Waals surface area contributed by atoms with Gasteiger partial charge in [0.15, 0.2) is 0 Å². The highest BCUT2D eigenvalue weighted by molar-refractivity contribution is 5.98. The van der Waals surface area contributed by atoms with Crippen molar-refractivity contribution < 1.29 is 9.53 Å². The number of carbonyl (C=O) groups excluding carboxylic acids is 1. The van der Waals surface area contributed by atoms with Crippen molar-refractivity contribution in [3.63, 3.8) is 0 Å². The third kappa shape index (κ3) is 3.46. The topological polar surface area (TPSA) is 63.2 Å². The molecular weight excluding hydrogens is 302 g/mol. The predicted octanol–water partition coefficient (Wildman–Crippen LogP) is 3.09. The largest absolute Gasteiger partial charge is 0.491 e. The number of nitrogens with zero attached hydrogens (tertiary/aromatic N) is 1. The second-order valence-corrected chi connectivity index (χ2v) is 5.23. The molecule has 2 N–H and O–H groups in total. The van der Waals surface area contributed by atoms with E-state index in [0.29, 0.717) is 24.5 Å². The first kappa shape index (κ1) is 15.8. The molecule has 1 aromatic heterocycles. The van der Waals surface area contributed by atoms with Crippen molar-refractivity contribution in [2.45, 2.75) is 0 Å². The number of carbonyl (C=O) groups is 1. The van der Waals surface area contributed by atoms with E-state index in [9.17, 15) is 4.79 Å². The van der Waals surface area contributed by atoms with Crippen molar-refractivity contribution in [3.05, 3.63) is 66.4 Å². The summed E-state index contributed by atoms with van der Waals surface area (Å²) in [5, 5.41) is 7.99. The molecule has 0 saturated carbocycles. The van der Waals surface area contributed by atoms with Gasteiger partial charge in [-0.25, -0.2) is 4.98 Å². The summed E-state index contributed by atoms with van der Waals surface area (Å²) >= 11 is 0. The third-order valence-electron chi connectivity index (χ3n) is 3.68. The molecule has 0 spiro atoms. The van der Waals surface area contributed by atoms with E-state index in [1.807, 2.05) is 30.3 Å². The second-order valence-electron chi connectivity index (χ2n) is 5.23. The number of benzene rings is 2. The number of pyridine rings is 1. The number of amides is 1. The maximum Gasteiger partial charge on any atom is 0.254 e. The first-order valence-electron chi connectivity index (χ1n) is 7.81. The van der Waals surface area contributed by atoms with E-state index >= 15 is 0 Å². The monoisotopic (exact) mass is 321 g/mol. The fourth-order valence-electron chi connectivity index (χ4n) is 2.52. The summed E-state index contributed by atoms with van der Waals surface area (Å²) in [5.74, 6) is 1.24. The molecule has 5 nitrogen and oxygen atoms in total. The minimum Gasteiger partial charge on any atom is -0.491 e. The number of anilines is 1. The van der Waals surface area contributed by atoms with Gasteiger partial charge in [-0.05, 0) is 23.6 Å². The summed E-state index contributed by atoms with van der Waals surface area (Å²) in [4.78, 5) is 16.0. The van der Waals surface area contributed by atoms with Gasteiger partial charge in [0, 0.05) is 18.6 Å². The molecule has 5 heteroatoms. The Morgan fingerprint density at radius 1 is 1.08 bits per heavy atom. The highest BCUT2D eigenvalue weighted by atomic mass is 16.5. The molecule has 2 aromatic carbocycles. The lowest BCUT2D eigenvalue weighted by Gasteiger charge is -2.12. The molecule has 0 bridgehead atoms. The van der Waals surface area contributed by atoms with Crippen LogP contribution in [0.2, 0.25) is 0 Å². The molecule has 0 saturated heterocycles. The summed E-state index contributed by atoms with van der Waals surface area (Å²) in [6, 6.07) is 17.6. The van der Waals surface area contributed by atoms with Gasteiger partial charge in [-0.15, -0.1) is 0 Å². The molecule has 1 heterocycles. The molecule has 3 aromatic rings.